The Morgan fingerprint density at radius 2 is 2.11 bits per heavy atom. The highest BCUT2D eigenvalue weighted by molar-refractivity contribution is 5.45. The van der Waals surface area contributed by atoms with Crippen molar-refractivity contribution in [3.05, 3.63) is 29.8 Å². The molecule has 0 fully saturated rings. The Balaban J connectivity index is 2.67. The van der Waals surface area contributed by atoms with Gasteiger partial charge in [0.1, 0.15) is 5.75 Å². The highest BCUT2D eigenvalue weighted by Crippen LogP contribution is 2.19. The van der Waals surface area contributed by atoms with Crippen LogP contribution in [0.2, 0.25) is 0 Å². The van der Waals surface area contributed by atoms with Crippen LogP contribution in [-0.4, -0.2) is 31.5 Å². The number of hydrogen-bond donors (Lipinski definition) is 1. The van der Waals surface area contributed by atoms with E-state index in [-0.39, 0.29) is 12.7 Å². The van der Waals surface area contributed by atoms with Gasteiger partial charge in [0, 0.05) is 26.6 Å². The largest absolute Gasteiger partial charge is 0.489 e. The van der Waals surface area contributed by atoms with E-state index < -0.39 is 0 Å². The van der Waals surface area contributed by atoms with E-state index in [9.17, 15) is 0 Å². The molecule has 0 radical (unpaired) electrons. The van der Waals surface area contributed by atoms with Gasteiger partial charge in [-0.3, -0.25) is 0 Å². The molecule has 18 heavy (non-hydrogen) atoms. The van der Waals surface area contributed by atoms with Gasteiger partial charge < -0.3 is 14.6 Å². The number of aliphatic hydroxyl groups is 1. The molecule has 0 heterocycles. The molecule has 0 spiro atoms. The smallest absolute Gasteiger partial charge is 0.135 e. The minimum absolute atomic E-state index is 0.0836. The minimum Gasteiger partial charge on any atom is -0.489 e. The number of benzene rings is 1. The molecular formula is C15H20O3. The van der Waals surface area contributed by atoms with Gasteiger partial charge in [0.15, 0.2) is 0 Å². The maximum absolute atomic E-state index is 8.71. The fraction of sp³-hybridized carbons (Fsp3) is 0.467. The van der Waals surface area contributed by atoms with Crippen LogP contribution >= 0.6 is 0 Å². The molecule has 0 amide bonds. The summed E-state index contributed by atoms with van der Waals surface area (Å²) < 4.78 is 10.9. The zero-order valence-electron chi connectivity index (χ0n) is 11.0. The Hall–Kier alpha value is -1.50. The first-order chi connectivity index (χ1) is 8.77. The standard InChI is InChI=1S/C15H20O3/c1-13(10-12-17-2)18-15-9-4-3-7-14(15)8-5-6-11-16/h3-4,7,9,13,16H,6,10-12H2,1-2H3. The SMILES string of the molecule is COCCC(C)Oc1ccccc1C#CCCO. The molecule has 1 aromatic carbocycles. The van der Waals surface area contributed by atoms with Gasteiger partial charge in [-0.15, -0.1) is 0 Å². The van der Waals surface area contributed by atoms with Crippen molar-refractivity contribution >= 4 is 0 Å². The van der Waals surface area contributed by atoms with Crippen molar-refractivity contribution in [2.24, 2.45) is 0 Å². The van der Waals surface area contributed by atoms with Crippen LogP contribution in [0.25, 0.3) is 0 Å². The summed E-state index contributed by atoms with van der Waals surface area (Å²) in [6.07, 6.45) is 1.41. The minimum atomic E-state index is 0.0836. The second-order valence-corrected chi connectivity index (χ2v) is 3.98. The van der Waals surface area contributed by atoms with Crippen LogP contribution in [-0.2, 0) is 4.74 Å². The average molecular weight is 248 g/mol. The van der Waals surface area contributed by atoms with Crippen LogP contribution in [0.15, 0.2) is 24.3 Å². The molecule has 98 valence electrons. The van der Waals surface area contributed by atoms with Crippen molar-refractivity contribution in [3.63, 3.8) is 0 Å². The van der Waals surface area contributed by atoms with E-state index >= 15 is 0 Å². The highest BCUT2D eigenvalue weighted by atomic mass is 16.5. The van der Waals surface area contributed by atoms with E-state index in [0.717, 1.165) is 17.7 Å². The first-order valence-electron chi connectivity index (χ1n) is 6.12. The van der Waals surface area contributed by atoms with Crippen LogP contribution in [0, 0.1) is 11.8 Å². The van der Waals surface area contributed by atoms with E-state index in [1.54, 1.807) is 7.11 Å². The molecule has 3 nitrogen and oxygen atoms in total. The molecule has 0 bridgehead atoms. The molecule has 0 aliphatic carbocycles. The number of ether oxygens (including phenoxy) is 2. The number of rotatable bonds is 6. The maximum atomic E-state index is 8.71. The lowest BCUT2D eigenvalue weighted by Crippen LogP contribution is -2.14. The van der Waals surface area contributed by atoms with Crippen molar-refractivity contribution in [2.45, 2.75) is 25.9 Å². The summed E-state index contributed by atoms with van der Waals surface area (Å²) >= 11 is 0. The monoisotopic (exact) mass is 248 g/mol. The molecule has 1 atom stereocenters. The van der Waals surface area contributed by atoms with Crippen LogP contribution in [0.5, 0.6) is 5.75 Å². The zero-order valence-corrected chi connectivity index (χ0v) is 11.0. The van der Waals surface area contributed by atoms with Gasteiger partial charge >= 0.3 is 0 Å². The molecule has 3 heteroatoms. The van der Waals surface area contributed by atoms with Gasteiger partial charge in [-0.1, -0.05) is 24.0 Å². The highest BCUT2D eigenvalue weighted by Gasteiger charge is 2.06. The van der Waals surface area contributed by atoms with Crippen LogP contribution in [0.3, 0.4) is 0 Å². The van der Waals surface area contributed by atoms with Crippen LogP contribution in [0.4, 0.5) is 0 Å². The first kappa shape index (κ1) is 14.6. The molecule has 1 aromatic rings. The van der Waals surface area contributed by atoms with Gasteiger partial charge in [-0.2, -0.15) is 0 Å². The predicted molar refractivity (Wildman–Crippen MR) is 71.6 cm³/mol. The van der Waals surface area contributed by atoms with E-state index in [1.807, 2.05) is 31.2 Å². The molecule has 0 aliphatic heterocycles. The molecule has 0 aromatic heterocycles. The van der Waals surface area contributed by atoms with Crippen molar-refractivity contribution in [3.8, 4) is 17.6 Å². The number of aliphatic hydroxyl groups excluding tert-OH is 1. The summed E-state index contributed by atoms with van der Waals surface area (Å²) in [7, 11) is 1.68. The normalized spacial score (nSPS) is 11.5. The third-order valence-electron chi connectivity index (χ3n) is 2.40. The van der Waals surface area contributed by atoms with Crippen LogP contribution < -0.4 is 4.74 Å². The topological polar surface area (TPSA) is 38.7 Å². The lowest BCUT2D eigenvalue weighted by Gasteiger charge is -2.15. The second kappa shape index (κ2) is 8.57. The second-order valence-electron chi connectivity index (χ2n) is 3.98. The molecule has 1 rings (SSSR count). The molecular weight excluding hydrogens is 228 g/mol. The van der Waals surface area contributed by atoms with Gasteiger partial charge in [0.05, 0.1) is 18.3 Å². The van der Waals surface area contributed by atoms with Gasteiger partial charge in [-0.05, 0) is 19.1 Å². The van der Waals surface area contributed by atoms with E-state index in [4.69, 9.17) is 14.6 Å². The molecule has 0 saturated heterocycles. The molecule has 1 N–H and O–H groups in total. The lowest BCUT2D eigenvalue weighted by atomic mass is 10.2. The summed E-state index contributed by atoms with van der Waals surface area (Å²) in [4.78, 5) is 0. The zero-order chi connectivity index (χ0) is 13.2. The third-order valence-corrected chi connectivity index (χ3v) is 2.40. The first-order valence-corrected chi connectivity index (χ1v) is 6.12. The molecule has 1 unspecified atom stereocenters. The van der Waals surface area contributed by atoms with Gasteiger partial charge in [-0.25, -0.2) is 0 Å². The van der Waals surface area contributed by atoms with E-state index in [2.05, 4.69) is 11.8 Å². The Bertz CT molecular complexity index is 404. The van der Waals surface area contributed by atoms with Gasteiger partial charge in [0.25, 0.3) is 0 Å². The van der Waals surface area contributed by atoms with Crippen molar-refractivity contribution < 1.29 is 14.6 Å². The lowest BCUT2D eigenvalue weighted by molar-refractivity contribution is 0.135. The summed E-state index contributed by atoms with van der Waals surface area (Å²) in [5, 5.41) is 8.71. The third kappa shape index (κ3) is 5.22. The predicted octanol–water partition coefficient (Wildman–Crippen LogP) is 2.22. The Morgan fingerprint density at radius 1 is 1.33 bits per heavy atom. The van der Waals surface area contributed by atoms with E-state index in [0.29, 0.717) is 13.0 Å². The van der Waals surface area contributed by atoms with Crippen LogP contribution in [0.1, 0.15) is 25.3 Å². The summed E-state index contributed by atoms with van der Waals surface area (Å²) in [6.45, 7) is 2.77. The Kier molecular flexibility index (Phi) is 6.93. The Labute approximate surface area is 109 Å². The van der Waals surface area contributed by atoms with E-state index in [1.165, 1.54) is 0 Å². The van der Waals surface area contributed by atoms with Crippen molar-refractivity contribution in [1.82, 2.24) is 0 Å². The number of methoxy groups -OCH3 is 1. The summed E-state index contributed by atoms with van der Waals surface area (Å²) in [5.41, 5.74) is 0.857. The fourth-order valence-electron chi connectivity index (χ4n) is 1.45. The molecule has 0 aliphatic rings. The summed E-state index contributed by atoms with van der Waals surface area (Å²) in [5.74, 6) is 6.70. The number of hydrogen-bond acceptors (Lipinski definition) is 3. The fourth-order valence-corrected chi connectivity index (χ4v) is 1.45. The Morgan fingerprint density at radius 3 is 2.83 bits per heavy atom. The van der Waals surface area contributed by atoms with Gasteiger partial charge in [0.2, 0.25) is 0 Å². The summed E-state index contributed by atoms with van der Waals surface area (Å²) in [6, 6.07) is 7.68. The number of para-hydroxylation sites is 1. The van der Waals surface area contributed by atoms with Crippen molar-refractivity contribution in [2.75, 3.05) is 20.3 Å². The van der Waals surface area contributed by atoms with Crippen molar-refractivity contribution in [1.29, 1.82) is 0 Å². The quantitative estimate of drug-likeness (QED) is 0.785. The maximum Gasteiger partial charge on any atom is 0.135 e. The molecule has 0 saturated carbocycles. The average Bonchev–Trinajstić information content (AvgIpc) is 2.38.